The van der Waals surface area contributed by atoms with Crippen LogP contribution in [0.25, 0.3) is 0 Å². The molecule has 0 spiro atoms. The molecule has 0 aliphatic heterocycles. The van der Waals surface area contributed by atoms with Crippen LogP contribution >= 0.6 is 0 Å². The van der Waals surface area contributed by atoms with Crippen LogP contribution in [0.15, 0.2) is 12.2 Å². The van der Waals surface area contributed by atoms with Gasteiger partial charge in [-0.15, -0.1) is 0 Å². The fourth-order valence-corrected chi connectivity index (χ4v) is 2.79. The summed E-state index contributed by atoms with van der Waals surface area (Å²) in [4.78, 5) is 34.0. The molecular formula is C12H16N2O3. The van der Waals surface area contributed by atoms with Crippen molar-refractivity contribution in [1.29, 1.82) is 0 Å². The molecule has 0 aromatic heterocycles. The van der Waals surface area contributed by atoms with Gasteiger partial charge in [0.1, 0.15) is 0 Å². The first kappa shape index (κ1) is 11.8. The topological polar surface area (TPSA) is 75.3 Å². The normalized spacial score (nSPS) is 33.5. The third-order valence-electron chi connectivity index (χ3n) is 3.71. The summed E-state index contributed by atoms with van der Waals surface area (Å²) in [6, 6.07) is -0.740. The molecule has 1 saturated carbocycles. The van der Waals surface area contributed by atoms with E-state index in [9.17, 15) is 14.4 Å². The van der Waals surface area contributed by atoms with Crippen molar-refractivity contribution in [2.24, 2.45) is 17.3 Å². The van der Waals surface area contributed by atoms with Crippen LogP contribution in [0.5, 0.6) is 0 Å². The monoisotopic (exact) mass is 236 g/mol. The number of imide groups is 2. The van der Waals surface area contributed by atoms with Crippen LogP contribution in [-0.2, 0) is 9.59 Å². The SMILES string of the molecule is CC(=O)NC(=O)NC(=O)[C@]1(C)C[C@@H]2C=C[C@H]1C2. The highest BCUT2D eigenvalue weighted by molar-refractivity contribution is 6.03. The second-order valence-corrected chi connectivity index (χ2v) is 5.07. The molecule has 0 saturated heterocycles. The Morgan fingerprint density at radius 2 is 1.94 bits per heavy atom. The van der Waals surface area contributed by atoms with Crippen molar-refractivity contribution in [3.63, 3.8) is 0 Å². The summed E-state index contributed by atoms with van der Waals surface area (Å²) in [5.41, 5.74) is -0.520. The molecular weight excluding hydrogens is 220 g/mol. The van der Waals surface area contributed by atoms with Crippen LogP contribution in [0.1, 0.15) is 26.7 Å². The molecule has 5 heteroatoms. The van der Waals surface area contributed by atoms with E-state index in [0.29, 0.717) is 5.92 Å². The van der Waals surface area contributed by atoms with Crippen molar-refractivity contribution >= 4 is 17.8 Å². The Balaban J connectivity index is 1.99. The maximum Gasteiger partial charge on any atom is 0.328 e. The lowest BCUT2D eigenvalue weighted by Crippen LogP contribution is -2.48. The Hall–Kier alpha value is -1.65. The summed E-state index contributed by atoms with van der Waals surface area (Å²) in [5, 5.41) is 4.27. The molecule has 0 radical (unpaired) electrons. The molecule has 2 bridgehead atoms. The number of hydrogen-bond acceptors (Lipinski definition) is 3. The first-order valence-corrected chi connectivity index (χ1v) is 5.73. The highest BCUT2D eigenvalue weighted by atomic mass is 16.2. The molecule has 92 valence electrons. The van der Waals surface area contributed by atoms with Crippen LogP contribution in [0.3, 0.4) is 0 Å². The van der Waals surface area contributed by atoms with E-state index in [-0.39, 0.29) is 11.8 Å². The molecule has 0 unspecified atom stereocenters. The van der Waals surface area contributed by atoms with E-state index in [0.717, 1.165) is 12.8 Å². The van der Waals surface area contributed by atoms with Crippen LogP contribution in [-0.4, -0.2) is 17.8 Å². The molecule has 0 aromatic rings. The Labute approximate surface area is 99.6 Å². The average Bonchev–Trinajstić information content (AvgIpc) is 2.75. The minimum atomic E-state index is -0.740. The summed E-state index contributed by atoms with van der Waals surface area (Å²) in [7, 11) is 0. The van der Waals surface area contributed by atoms with Gasteiger partial charge in [-0.05, 0) is 24.7 Å². The molecule has 2 aliphatic carbocycles. The van der Waals surface area contributed by atoms with Crippen molar-refractivity contribution in [1.82, 2.24) is 10.6 Å². The highest BCUT2D eigenvalue weighted by Crippen LogP contribution is 2.51. The van der Waals surface area contributed by atoms with Gasteiger partial charge in [0, 0.05) is 6.92 Å². The van der Waals surface area contributed by atoms with Gasteiger partial charge in [-0.2, -0.15) is 0 Å². The summed E-state index contributed by atoms with van der Waals surface area (Å²) in [6.45, 7) is 3.10. The Bertz CT molecular complexity index is 416. The largest absolute Gasteiger partial charge is 0.328 e. The van der Waals surface area contributed by atoms with Crippen LogP contribution in [0, 0.1) is 17.3 Å². The van der Waals surface area contributed by atoms with Gasteiger partial charge < -0.3 is 0 Å². The lowest BCUT2D eigenvalue weighted by molar-refractivity contribution is -0.130. The van der Waals surface area contributed by atoms with Gasteiger partial charge in [-0.25, -0.2) is 4.79 Å². The predicted molar refractivity (Wildman–Crippen MR) is 60.8 cm³/mol. The van der Waals surface area contributed by atoms with Crippen LogP contribution in [0.2, 0.25) is 0 Å². The zero-order valence-electron chi connectivity index (χ0n) is 9.95. The number of amides is 4. The number of carbonyl (C=O) groups is 3. The van der Waals surface area contributed by atoms with Crippen LogP contribution < -0.4 is 10.6 Å². The number of fused-ring (bicyclic) bond motifs is 2. The molecule has 2 N–H and O–H groups in total. The van der Waals surface area contributed by atoms with E-state index in [2.05, 4.69) is 17.5 Å². The van der Waals surface area contributed by atoms with E-state index in [1.807, 2.05) is 12.2 Å². The summed E-state index contributed by atoms with van der Waals surface area (Å²) < 4.78 is 0. The van der Waals surface area contributed by atoms with E-state index in [4.69, 9.17) is 0 Å². The fraction of sp³-hybridized carbons (Fsp3) is 0.583. The molecule has 2 rings (SSSR count). The summed E-state index contributed by atoms with van der Waals surface area (Å²) >= 11 is 0. The standard InChI is InChI=1S/C12H16N2O3/c1-7(15)13-11(17)14-10(16)12(2)6-8-3-4-9(12)5-8/h3-4,8-9H,5-6H2,1-2H3,(H2,13,14,15,16,17)/t8-,9+,12-/m1/s1. The summed E-state index contributed by atoms with van der Waals surface area (Å²) in [6.07, 6.45) is 5.94. The summed E-state index contributed by atoms with van der Waals surface area (Å²) in [5.74, 6) is -0.120. The molecule has 17 heavy (non-hydrogen) atoms. The number of hydrogen-bond donors (Lipinski definition) is 2. The number of nitrogens with one attached hydrogen (secondary N) is 2. The quantitative estimate of drug-likeness (QED) is 0.666. The van der Waals surface area contributed by atoms with Gasteiger partial charge in [-0.3, -0.25) is 20.2 Å². The zero-order valence-corrected chi connectivity index (χ0v) is 9.95. The van der Waals surface area contributed by atoms with Crippen LogP contribution in [0.4, 0.5) is 4.79 Å². The van der Waals surface area contributed by atoms with E-state index < -0.39 is 17.4 Å². The van der Waals surface area contributed by atoms with Crippen molar-refractivity contribution in [2.75, 3.05) is 0 Å². The third-order valence-corrected chi connectivity index (χ3v) is 3.71. The Morgan fingerprint density at radius 3 is 2.41 bits per heavy atom. The van der Waals surface area contributed by atoms with Crippen molar-refractivity contribution in [3.05, 3.63) is 12.2 Å². The van der Waals surface area contributed by atoms with E-state index in [1.54, 1.807) is 0 Å². The fourth-order valence-electron chi connectivity index (χ4n) is 2.79. The van der Waals surface area contributed by atoms with Gasteiger partial charge in [0.15, 0.2) is 0 Å². The van der Waals surface area contributed by atoms with Gasteiger partial charge in [0.05, 0.1) is 5.41 Å². The van der Waals surface area contributed by atoms with Gasteiger partial charge in [0.25, 0.3) is 0 Å². The zero-order chi connectivity index (χ0) is 12.6. The number of allylic oxidation sites excluding steroid dienone is 2. The average molecular weight is 236 g/mol. The van der Waals surface area contributed by atoms with E-state index in [1.165, 1.54) is 6.92 Å². The smallest absolute Gasteiger partial charge is 0.278 e. The second kappa shape index (κ2) is 3.98. The Kier molecular flexibility index (Phi) is 2.77. The first-order chi connectivity index (χ1) is 7.91. The maximum absolute atomic E-state index is 12.0. The molecule has 4 amide bonds. The molecule has 0 heterocycles. The predicted octanol–water partition coefficient (Wildman–Crippen LogP) is 0.961. The minimum absolute atomic E-state index is 0.206. The lowest BCUT2D eigenvalue weighted by Gasteiger charge is -2.29. The highest BCUT2D eigenvalue weighted by Gasteiger charge is 2.50. The number of urea groups is 1. The number of rotatable bonds is 1. The minimum Gasteiger partial charge on any atom is -0.278 e. The Morgan fingerprint density at radius 1 is 1.24 bits per heavy atom. The molecule has 1 fully saturated rings. The van der Waals surface area contributed by atoms with Gasteiger partial charge in [0.2, 0.25) is 11.8 Å². The van der Waals surface area contributed by atoms with E-state index >= 15 is 0 Å². The first-order valence-electron chi connectivity index (χ1n) is 5.73. The van der Waals surface area contributed by atoms with Gasteiger partial charge >= 0.3 is 6.03 Å². The molecule has 5 nitrogen and oxygen atoms in total. The lowest BCUT2D eigenvalue weighted by atomic mass is 9.77. The maximum atomic E-state index is 12.0. The molecule has 0 aromatic carbocycles. The van der Waals surface area contributed by atoms with Crippen molar-refractivity contribution in [2.45, 2.75) is 26.7 Å². The van der Waals surface area contributed by atoms with Crippen molar-refractivity contribution < 1.29 is 14.4 Å². The van der Waals surface area contributed by atoms with Gasteiger partial charge in [-0.1, -0.05) is 19.1 Å². The second-order valence-electron chi connectivity index (χ2n) is 5.07. The number of carbonyl (C=O) groups excluding carboxylic acids is 3. The van der Waals surface area contributed by atoms with Crippen molar-refractivity contribution in [3.8, 4) is 0 Å². The molecule has 2 aliphatic rings. The molecule has 3 atom stereocenters. The third kappa shape index (κ3) is 2.09.